The van der Waals surface area contributed by atoms with Crippen molar-refractivity contribution in [3.05, 3.63) is 106 Å². The lowest BCUT2D eigenvalue weighted by atomic mass is 10.1. The van der Waals surface area contributed by atoms with Crippen LogP contribution in [-0.4, -0.2) is 58.2 Å². The summed E-state index contributed by atoms with van der Waals surface area (Å²) >= 11 is 6.42. The van der Waals surface area contributed by atoms with Gasteiger partial charge in [0, 0.05) is 31.4 Å². The number of nitrogens with one attached hydrogen (secondary N) is 2. The van der Waals surface area contributed by atoms with E-state index in [2.05, 4.69) is 20.6 Å². The maximum atomic E-state index is 13.3. The molecule has 1 aliphatic heterocycles. The molecule has 49 heavy (non-hydrogen) atoms. The number of carbonyl (C=O) groups excluding carboxylic acids is 1. The number of carboxylic acid groups (broad SMARTS) is 1. The predicted molar refractivity (Wildman–Crippen MR) is 171 cm³/mol. The van der Waals surface area contributed by atoms with Gasteiger partial charge in [0.15, 0.2) is 0 Å². The summed E-state index contributed by atoms with van der Waals surface area (Å²) < 4.78 is 76.6. The van der Waals surface area contributed by atoms with E-state index in [1.54, 1.807) is 36.2 Å². The van der Waals surface area contributed by atoms with Crippen LogP contribution in [0.3, 0.4) is 0 Å². The number of carboxylic acids is 1. The van der Waals surface area contributed by atoms with Gasteiger partial charge in [-0.25, -0.2) is 14.8 Å². The zero-order chi connectivity index (χ0) is 35.8. The Balaban J connectivity index is 0.000000698. The summed E-state index contributed by atoms with van der Waals surface area (Å²) in [5.74, 6) is -1.60. The van der Waals surface area contributed by atoms with Gasteiger partial charge in [0.25, 0.3) is 0 Å². The average molecular weight is 708 g/mol. The summed E-state index contributed by atoms with van der Waals surface area (Å²) in [7, 11) is 1.79. The fourth-order valence-corrected chi connectivity index (χ4v) is 4.67. The smallest absolute Gasteiger partial charge is 0.475 e. The molecule has 0 unspecified atom stereocenters. The van der Waals surface area contributed by atoms with E-state index in [0.717, 1.165) is 24.1 Å². The van der Waals surface area contributed by atoms with Crippen LogP contribution in [0.25, 0.3) is 6.08 Å². The number of hydrogen-bond acceptors (Lipinski definition) is 7. The van der Waals surface area contributed by atoms with Gasteiger partial charge >= 0.3 is 18.3 Å². The molecular formula is C33H28ClF6N5O4. The first-order chi connectivity index (χ1) is 23.1. The van der Waals surface area contributed by atoms with Gasteiger partial charge in [-0.3, -0.25) is 4.79 Å². The highest BCUT2D eigenvalue weighted by molar-refractivity contribution is 6.32. The third-order valence-electron chi connectivity index (χ3n) is 6.92. The molecule has 1 aliphatic rings. The molecule has 3 N–H and O–H groups in total. The van der Waals surface area contributed by atoms with Crippen molar-refractivity contribution in [2.75, 3.05) is 30.8 Å². The van der Waals surface area contributed by atoms with Crippen LogP contribution in [0, 0.1) is 0 Å². The minimum Gasteiger partial charge on any atom is -0.475 e. The van der Waals surface area contributed by atoms with E-state index in [1.807, 2.05) is 30.3 Å². The lowest BCUT2D eigenvalue weighted by Gasteiger charge is -2.19. The molecule has 9 nitrogen and oxygen atoms in total. The van der Waals surface area contributed by atoms with E-state index in [4.69, 9.17) is 26.2 Å². The highest BCUT2D eigenvalue weighted by Gasteiger charge is 2.38. The zero-order valence-corrected chi connectivity index (χ0v) is 26.3. The third-order valence-corrected chi connectivity index (χ3v) is 7.21. The second kappa shape index (κ2) is 15.7. The molecule has 0 saturated heterocycles. The SMILES string of the molecule is CN(CCc1ccccc1)C(=O)C1=Cc2c(ncnc2Nc2ccc(Oc3cccc(C(F)(F)F)c3)c(Cl)c2)NCC1.O=C(O)C(F)(F)F. The lowest BCUT2D eigenvalue weighted by molar-refractivity contribution is -0.192. The number of amides is 1. The number of carbonyl (C=O) groups is 2. The molecule has 4 aromatic rings. The first-order valence-corrected chi connectivity index (χ1v) is 14.8. The van der Waals surface area contributed by atoms with Crippen LogP contribution in [0.4, 0.5) is 43.7 Å². The molecule has 0 fully saturated rings. The summed E-state index contributed by atoms with van der Waals surface area (Å²) in [6.07, 6.45) is -5.11. The van der Waals surface area contributed by atoms with E-state index >= 15 is 0 Å². The van der Waals surface area contributed by atoms with E-state index in [0.29, 0.717) is 48.0 Å². The van der Waals surface area contributed by atoms with Crippen molar-refractivity contribution in [2.24, 2.45) is 0 Å². The number of halogens is 7. The number of aromatic nitrogens is 2. The Morgan fingerprint density at radius 2 is 1.71 bits per heavy atom. The first-order valence-electron chi connectivity index (χ1n) is 14.4. The molecule has 0 aliphatic carbocycles. The molecule has 0 saturated carbocycles. The van der Waals surface area contributed by atoms with Crippen LogP contribution in [-0.2, 0) is 22.2 Å². The fourth-order valence-electron chi connectivity index (χ4n) is 4.45. The number of nitrogens with zero attached hydrogens (tertiary/aromatic N) is 3. The van der Waals surface area contributed by atoms with Gasteiger partial charge in [-0.15, -0.1) is 0 Å². The number of anilines is 3. The predicted octanol–water partition coefficient (Wildman–Crippen LogP) is 8.22. The monoisotopic (exact) mass is 707 g/mol. The summed E-state index contributed by atoms with van der Waals surface area (Å²) in [6, 6.07) is 19.4. The number of likely N-dealkylation sites (N-methyl/N-ethyl adjacent to an activating group) is 1. The minimum atomic E-state index is -5.08. The average Bonchev–Trinajstić information content (AvgIpc) is 3.28. The van der Waals surface area contributed by atoms with Gasteiger partial charge in [-0.05, 0) is 60.9 Å². The van der Waals surface area contributed by atoms with E-state index in [-0.39, 0.29) is 22.4 Å². The summed E-state index contributed by atoms with van der Waals surface area (Å²) in [4.78, 5) is 32.7. The fraction of sp³-hybridized carbons (Fsp3) is 0.212. The summed E-state index contributed by atoms with van der Waals surface area (Å²) in [6.45, 7) is 1.10. The van der Waals surface area contributed by atoms with Gasteiger partial charge in [-0.1, -0.05) is 48.0 Å². The number of hydrogen-bond donors (Lipinski definition) is 3. The Kier molecular flexibility index (Phi) is 11.7. The van der Waals surface area contributed by atoms with Gasteiger partial charge < -0.3 is 25.4 Å². The van der Waals surface area contributed by atoms with E-state index < -0.39 is 23.9 Å². The molecule has 258 valence electrons. The number of rotatable bonds is 8. The second-order valence-electron chi connectivity index (χ2n) is 10.5. The van der Waals surface area contributed by atoms with Gasteiger partial charge in [0.05, 0.1) is 16.1 Å². The quantitative estimate of drug-likeness (QED) is 0.157. The van der Waals surface area contributed by atoms with Gasteiger partial charge in [0.1, 0.15) is 29.5 Å². The normalized spacial score (nSPS) is 12.6. The Hall–Kier alpha value is -5.31. The van der Waals surface area contributed by atoms with Crippen LogP contribution in [0.5, 0.6) is 11.5 Å². The molecule has 0 radical (unpaired) electrons. The molecule has 0 spiro atoms. The topological polar surface area (TPSA) is 117 Å². The Morgan fingerprint density at radius 1 is 1.00 bits per heavy atom. The number of fused-ring (bicyclic) bond motifs is 1. The maximum Gasteiger partial charge on any atom is 0.490 e. The number of alkyl halides is 6. The molecule has 1 aromatic heterocycles. The van der Waals surface area contributed by atoms with Crippen molar-refractivity contribution in [3.63, 3.8) is 0 Å². The summed E-state index contributed by atoms with van der Waals surface area (Å²) in [5, 5.41) is 13.8. The molecule has 1 amide bonds. The highest BCUT2D eigenvalue weighted by Crippen LogP contribution is 2.37. The lowest BCUT2D eigenvalue weighted by Crippen LogP contribution is -2.30. The number of benzene rings is 3. The van der Waals surface area contributed by atoms with Crippen LogP contribution < -0.4 is 15.4 Å². The standard InChI is InChI=1S/C31H27ClF3N5O2.C2HF3O2/c1-40(15-13-20-6-3-2-4-7-20)30(41)21-12-14-36-28-25(16-21)29(38-19-37-28)39-23-10-11-27(26(32)18-23)42-24-9-5-8-22(17-24)31(33,34)35;3-2(4,5)1(6)7/h2-11,16-19H,12-15H2,1H3,(H2,36,37,38,39);(H,6,7). The van der Waals surface area contributed by atoms with Crippen molar-refractivity contribution < 1.29 is 45.8 Å². The van der Waals surface area contributed by atoms with Crippen molar-refractivity contribution >= 4 is 46.9 Å². The van der Waals surface area contributed by atoms with E-state index in [9.17, 15) is 31.1 Å². The van der Waals surface area contributed by atoms with Crippen molar-refractivity contribution in [1.82, 2.24) is 14.9 Å². The van der Waals surface area contributed by atoms with Crippen LogP contribution >= 0.6 is 11.6 Å². The van der Waals surface area contributed by atoms with Crippen molar-refractivity contribution in [3.8, 4) is 11.5 Å². The van der Waals surface area contributed by atoms with Gasteiger partial charge in [0.2, 0.25) is 5.91 Å². The van der Waals surface area contributed by atoms with Crippen LogP contribution in [0.1, 0.15) is 23.1 Å². The largest absolute Gasteiger partial charge is 0.490 e. The van der Waals surface area contributed by atoms with Gasteiger partial charge in [-0.2, -0.15) is 26.3 Å². The Bertz CT molecular complexity index is 1820. The number of ether oxygens (including phenoxy) is 1. The van der Waals surface area contributed by atoms with Crippen molar-refractivity contribution in [2.45, 2.75) is 25.2 Å². The molecule has 5 rings (SSSR count). The first kappa shape index (κ1) is 36.5. The zero-order valence-electron chi connectivity index (χ0n) is 25.6. The highest BCUT2D eigenvalue weighted by atomic mass is 35.5. The molecule has 16 heteroatoms. The van der Waals surface area contributed by atoms with Crippen molar-refractivity contribution in [1.29, 1.82) is 0 Å². The molecular weight excluding hydrogens is 680 g/mol. The molecule has 3 aromatic carbocycles. The molecule has 2 heterocycles. The van der Waals surface area contributed by atoms with Crippen LogP contribution in [0.2, 0.25) is 5.02 Å². The number of aliphatic carboxylic acids is 1. The van der Waals surface area contributed by atoms with E-state index in [1.165, 1.54) is 18.5 Å². The molecule has 0 bridgehead atoms. The Morgan fingerprint density at radius 3 is 2.37 bits per heavy atom. The van der Waals surface area contributed by atoms with Crippen LogP contribution in [0.15, 0.2) is 84.7 Å². The second-order valence-corrected chi connectivity index (χ2v) is 10.9. The Labute approximate surface area is 281 Å². The third kappa shape index (κ3) is 10.3. The maximum absolute atomic E-state index is 13.3. The molecule has 0 atom stereocenters. The minimum absolute atomic E-state index is 0.00991. The summed E-state index contributed by atoms with van der Waals surface area (Å²) in [5.41, 5.74) is 2.14.